The molecule has 0 bridgehead atoms. The Bertz CT molecular complexity index is 3570. The van der Waals surface area contributed by atoms with Crippen molar-refractivity contribution < 1.29 is 117 Å². The maximum atomic E-state index is 14.0. The summed E-state index contributed by atoms with van der Waals surface area (Å²) in [7, 11) is -12.5. The van der Waals surface area contributed by atoms with Crippen LogP contribution in [-0.2, 0) is 44.6 Å². The first kappa shape index (κ1) is 68.5. The minimum absolute atomic E-state index is 0. The number of hydrogen-bond donors (Lipinski definition) is 10. The fourth-order valence-electron chi connectivity index (χ4n) is 7.30. The number of nitrogens with one attached hydrogen (secondary N) is 1. The van der Waals surface area contributed by atoms with Crippen LogP contribution < -0.4 is 61.7 Å². The molecule has 0 fully saturated rings. The van der Waals surface area contributed by atoms with Gasteiger partial charge in [0.05, 0.1) is 113 Å². The summed E-state index contributed by atoms with van der Waals surface area (Å²) in [6, 6.07) is 16.5. The number of fused-ring (bicyclic) bond motifs is 1. The van der Waals surface area contributed by atoms with E-state index in [1.165, 1.54) is 44.6 Å². The van der Waals surface area contributed by atoms with E-state index in [-0.39, 0.29) is 101 Å². The minimum atomic E-state index is -5.26. The number of aliphatic hydroxyl groups excluding tert-OH is 3. The number of anilines is 4. The van der Waals surface area contributed by atoms with Crippen molar-refractivity contribution in [2.75, 3.05) is 116 Å². The Morgan fingerprint density at radius 1 is 0.627 bits per heavy atom. The first-order valence-corrected chi connectivity index (χ1v) is 28.1. The van der Waals surface area contributed by atoms with Gasteiger partial charge in [0.1, 0.15) is 43.3 Å². The van der Waals surface area contributed by atoms with E-state index in [9.17, 15) is 53.8 Å². The van der Waals surface area contributed by atoms with Gasteiger partial charge in [0.2, 0.25) is 5.78 Å². The number of ketones is 1. The maximum absolute atomic E-state index is 14.0. The number of azo groups is 2. The van der Waals surface area contributed by atoms with Crippen LogP contribution in [0.2, 0.25) is 0 Å². The van der Waals surface area contributed by atoms with Crippen molar-refractivity contribution in [3.8, 4) is 22.6 Å². The van der Waals surface area contributed by atoms with Gasteiger partial charge in [0.15, 0.2) is 5.71 Å². The third kappa shape index (κ3) is 19.3. The smallest absolute Gasteiger partial charge is 0.494 e. The average molecular weight is 1230 g/mol. The molecule has 0 atom stereocenters. The van der Waals surface area contributed by atoms with E-state index in [4.69, 9.17) is 56.2 Å². The third-order valence-electron chi connectivity index (χ3n) is 11.2. The van der Waals surface area contributed by atoms with Crippen molar-refractivity contribution in [3.63, 3.8) is 0 Å². The fourth-order valence-corrected chi connectivity index (χ4v) is 9.25. The van der Waals surface area contributed by atoms with Gasteiger partial charge in [-0.15, -0.1) is 15.3 Å². The maximum Gasteiger partial charge on any atom is 1.00 e. The quantitative estimate of drug-likeness (QED) is 0.00646. The van der Waals surface area contributed by atoms with E-state index in [1.807, 2.05) is 0 Å². The number of nitrogen functional groups attached to an aromatic ring is 3. The molecule has 0 unspecified atom stereocenters. The second-order valence-electron chi connectivity index (χ2n) is 16.7. The first-order chi connectivity index (χ1) is 38.9. The third-order valence-corrected chi connectivity index (χ3v) is 13.9. The van der Waals surface area contributed by atoms with Crippen LogP contribution in [-0.4, -0.2) is 169 Å². The molecule has 13 N–H and O–H groups in total. The second-order valence-corrected chi connectivity index (χ2v) is 20.9. The molecule has 5 aromatic carbocycles. The predicted molar refractivity (Wildman–Crippen MR) is 297 cm³/mol. The van der Waals surface area contributed by atoms with Crippen LogP contribution >= 0.6 is 0 Å². The molecule has 6 rings (SSSR count). The van der Waals surface area contributed by atoms with Crippen molar-refractivity contribution in [3.05, 3.63) is 105 Å². The molecular formula is C48H57N11NaO20S3+. The summed E-state index contributed by atoms with van der Waals surface area (Å²) < 4.78 is 130. The number of non-ortho nitro benzene ring substituents is 1. The molecule has 0 radical (unpaired) electrons. The Labute approximate surface area is 497 Å². The van der Waals surface area contributed by atoms with E-state index in [2.05, 4.69) is 35.9 Å². The summed E-state index contributed by atoms with van der Waals surface area (Å²) in [5.41, 5.74) is 17.5. The molecule has 0 saturated heterocycles. The number of nitro groups is 1. The molecule has 31 nitrogen and oxygen atoms in total. The van der Waals surface area contributed by atoms with Crippen molar-refractivity contribution in [2.24, 2.45) is 25.6 Å². The molecule has 442 valence electrons. The summed E-state index contributed by atoms with van der Waals surface area (Å²) in [6.07, 6.45) is 0.702. The SMILES string of the molecule is COc1cc(-c2ccc(N/N=C3\C(=O)c4c(cc(S(=O)(=O)O)c(N=Nc5ccc([N+](=O)[O-])cc5)c4N)C=C3S(=O)(=O)O)c(OC)c2)ccc1N=Nc1cc(S(=O)(=O)O)c(N)cc1N.OCCOCCN(CCOCCO)CCOCCO.[Na+]. The van der Waals surface area contributed by atoms with Crippen LogP contribution in [0.25, 0.3) is 17.2 Å². The van der Waals surface area contributed by atoms with Gasteiger partial charge in [-0.05, 0) is 77.4 Å². The Balaban J connectivity index is 0.000000633. The zero-order chi connectivity index (χ0) is 60.4. The number of ether oxygens (including phenoxy) is 5. The van der Waals surface area contributed by atoms with Gasteiger partial charge in [-0.3, -0.25) is 38.9 Å². The van der Waals surface area contributed by atoms with Crippen molar-refractivity contribution in [2.45, 2.75) is 9.79 Å². The van der Waals surface area contributed by atoms with Gasteiger partial charge in [-0.1, -0.05) is 12.1 Å². The number of rotatable bonds is 28. The number of hydrogen-bond acceptors (Lipinski definition) is 27. The van der Waals surface area contributed by atoms with Gasteiger partial charge >= 0.3 is 29.6 Å². The second kappa shape index (κ2) is 31.6. The monoisotopic (exact) mass is 1230 g/mol. The summed E-state index contributed by atoms with van der Waals surface area (Å²) in [5, 5.41) is 56.5. The molecule has 83 heavy (non-hydrogen) atoms. The van der Waals surface area contributed by atoms with E-state index < -0.39 is 84.0 Å². The Hall–Kier alpha value is -6.97. The number of Topliss-reactive ketones (excluding diaryl/α,β-unsaturated/α-hetero) is 1. The number of carbonyl (C=O) groups excluding carboxylic acids is 1. The van der Waals surface area contributed by atoms with Crippen molar-refractivity contribution >= 4 is 99.1 Å². The molecular weight excluding hydrogens is 1170 g/mol. The number of nitrogens with two attached hydrogens (primary N) is 3. The fraction of sp³-hybridized carbons (Fsp3) is 0.292. The van der Waals surface area contributed by atoms with Crippen LogP contribution in [0, 0.1) is 10.1 Å². The number of benzene rings is 5. The number of carbonyl (C=O) groups is 1. The van der Waals surface area contributed by atoms with E-state index in [0.717, 1.165) is 43.9 Å². The van der Waals surface area contributed by atoms with Crippen LogP contribution in [0.1, 0.15) is 15.9 Å². The number of aliphatic hydroxyl groups is 3. The van der Waals surface area contributed by atoms with Gasteiger partial charge in [-0.2, -0.15) is 35.5 Å². The summed E-state index contributed by atoms with van der Waals surface area (Å²) in [4.78, 5) is 23.7. The zero-order valence-corrected chi connectivity index (χ0v) is 49.0. The molecule has 0 amide bonds. The molecule has 0 spiro atoms. The molecule has 35 heteroatoms. The van der Waals surface area contributed by atoms with Crippen LogP contribution in [0.3, 0.4) is 0 Å². The number of methoxy groups -OCH3 is 2. The van der Waals surface area contributed by atoms with Crippen LogP contribution in [0.4, 0.5) is 51.2 Å². The van der Waals surface area contributed by atoms with Gasteiger partial charge < -0.3 is 56.2 Å². The first-order valence-electron chi connectivity index (χ1n) is 23.8. The van der Waals surface area contributed by atoms with E-state index in [0.29, 0.717) is 62.9 Å². The number of nitro benzene ring substituents is 1. The Kier molecular flexibility index (Phi) is 26.1. The molecule has 1 aliphatic carbocycles. The van der Waals surface area contributed by atoms with Crippen molar-refractivity contribution in [1.29, 1.82) is 0 Å². The predicted octanol–water partition coefficient (Wildman–Crippen LogP) is 1.56. The number of nitrogens with zero attached hydrogens (tertiary/aromatic N) is 7. The summed E-state index contributed by atoms with van der Waals surface area (Å²) in [6.45, 7) is 4.92. The van der Waals surface area contributed by atoms with Crippen molar-refractivity contribution in [1.82, 2.24) is 4.90 Å². The molecule has 1 aliphatic rings. The largest absolute Gasteiger partial charge is 1.00 e. The Morgan fingerprint density at radius 2 is 1.16 bits per heavy atom. The Morgan fingerprint density at radius 3 is 1.66 bits per heavy atom. The standard InChI is InChI=1S/C36H30N10O14S3.C12H27NO6.Na/c1-59-27-11-17(3-9-24(27)41-43-26-16-29(61(50,51)52)23(38)15-22(26)37)18-4-10-25(28(12-18)60-2)42-45-35-31(63(56,57)58)14-19-13-30(62(53,54)55)34(33(39)32(19)36(35)47)44-40-20-5-7-21(8-6-20)46(48)49;14-4-10-17-7-1-13(2-8-18-11-5-15)3-9-19-12-6-16;/h3-16,42H,37-39H2,1-2H3,(H,50,51,52)(H,53,54,55)(H,56,57,58);14-16H,1-12H2;/q;;+1/b43-41?,44-40?,45-35-;;. The molecule has 0 aromatic heterocycles. The number of allylic oxidation sites excluding steroid dienone is 1. The normalized spacial score (nSPS) is 13.1. The van der Waals surface area contributed by atoms with E-state index >= 15 is 0 Å². The van der Waals surface area contributed by atoms with Crippen LogP contribution in [0.15, 0.2) is 119 Å². The van der Waals surface area contributed by atoms with Gasteiger partial charge in [-0.25, -0.2) is 0 Å². The summed E-state index contributed by atoms with van der Waals surface area (Å²) >= 11 is 0. The van der Waals surface area contributed by atoms with E-state index in [1.54, 1.807) is 18.2 Å². The van der Waals surface area contributed by atoms with Gasteiger partial charge in [0.25, 0.3) is 36.0 Å². The minimum Gasteiger partial charge on any atom is -0.494 e. The molecule has 0 saturated carbocycles. The van der Waals surface area contributed by atoms with Gasteiger partial charge in [0, 0.05) is 31.8 Å². The molecule has 0 aliphatic heterocycles. The topological polar surface area (TPSA) is 485 Å². The average Bonchev–Trinajstić information content (AvgIpc) is 3.25. The number of hydrazone groups is 1. The molecule has 0 heterocycles. The zero-order valence-electron chi connectivity index (χ0n) is 44.6. The van der Waals surface area contributed by atoms with Crippen LogP contribution in [0.5, 0.6) is 11.5 Å². The molecule has 5 aromatic rings. The summed E-state index contributed by atoms with van der Waals surface area (Å²) in [5.74, 6) is -0.940.